The molecule has 1 aromatic carbocycles. The predicted molar refractivity (Wildman–Crippen MR) is 49.7 cm³/mol. The topological polar surface area (TPSA) is 59.7 Å². The molecule has 0 fully saturated rings. The van der Waals surface area contributed by atoms with E-state index in [9.17, 15) is 4.79 Å². The molecule has 0 atom stereocenters. The zero-order chi connectivity index (χ0) is 10.1. The van der Waals surface area contributed by atoms with Gasteiger partial charge in [-0.2, -0.15) is 0 Å². The number of furan rings is 1. The van der Waals surface area contributed by atoms with E-state index in [2.05, 4.69) is 0 Å². The molecular weight excluding hydrogens is 184 g/mol. The molecule has 0 bridgehead atoms. The highest BCUT2D eigenvalue weighted by atomic mass is 16.5. The molecule has 1 heterocycles. The molecule has 0 amide bonds. The first kappa shape index (κ1) is 8.62. The minimum Gasteiger partial charge on any atom is -0.497 e. The maximum absolute atomic E-state index is 10.9. The lowest BCUT2D eigenvalue weighted by atomic mass is 10.1. The van der Waals surface area contributed by atoms with Crippen molar-refractivity contribution < 1.29 is 19.1 Å². The summed E-state index contributed by atoms with van der Waals surface area (Å²) in [4.78, 5) is 10.9. The molecule has 0 aliphatic heterocycles. The Kier molecular flexibility index (Phi) is 1.89. The summed E-state index contributed by atoms with van der Waals surface area (Å²) in [7, 11) is 1.49. The monoisotopic (exact) mass is 192 g/mol. The number of hydrogen-bond donors (Lipinski definition) is 1. The Hall–Kier alpha value is -1.97. The third kappa shape index (κ3) is 1.21. The number of aromatic carboxylic acids is 1. The van der Waals surface area contributed by atoms with Crippen LogP contribution in [0.3, 0.4) is 0 Å². The lowest BCUT2D eigenvalue weighted by Gasteiger charge is -2.01. The van der Waals surface area contributed by atoms with E-state index in [1.165, 1.54) is 19.4 Å². The van der Waals surface area contributed by atoms with Crippen LogP contribution in [-0.4, -0.2) is 18.2 Å². The van der Waals surface area contributed by atoms with E-state index in [0.717, 1.165) is 5.39 Å². The van der Waals surface area contributed by atoms with Crippen molar-refractivity contribution in [2.75, 3.05) is 7.11 Å². The quantitative estimate of drug-likeness (QED) is 0.791. The number of benzene rings is 1. The number of carbonyl (C=O) groups is 1. The van der Waals surface area contributed by atoms with E-state index in [4.69, 9.17) is 14.3 Å². The number of ether oxygens (including phenoxy) is 1. The third-order valence-corrected chi connectivity index (χ3v) is 1.99. The molecule has 1 N–H and O–H groups in total. The van der Waals surface area contributed by atoms with Crippen LogP contribution in [0.5, 0.6) is 5.75 Å². The largest absolute Gasteiger partial charge is 0.497 e. The zero-order valence-electron chi connectivity index (χ0n) is 7.48. The van der Waals surface area contributed by atoms with Crippen LogP contribution in [0.25, 0.3) is 11.0 Å². The summed E-state index contributed by atoms with van der Waals surface area (Å²) >= 11 is 0. The molecule has 0 spiro atoms. The van der Waals surface area contributed by atoms with Gasteiger partial charge in [0.2, 0.25) is 0 Å². The number of carboxylic acid groups (broad SMARTS) is 1. The number of carboxylic acids is 1. The molecule has 0 unspecified atom stereocenters. The summed E-state index contributed by atoms with van der Waals surface area (Å²) < 4.78 is 10.1. The fourth-order valence-corrected chi connectivity index (χ4v) is 1.33. The minimum absolute atomic E-state index is 0.115. The van der Waals surface area contributed by atoms with Crippen LogP contribution in [0.15, 0.2) is 28.9 Å². The van der Waals surface area contributed by atoms with Crippen molar-refractivity contribution in [2.45, 2.75) is 0 Å². The third-order valence-electron chi connectivity index (χ3n) is 1.99. The van der Waals surface area contributed by atoms with Gasteiger partial charge in [-0.15, -0.1) is 0 Å². The van der Waals surface area contributed by atoms with Crippen LogP contribution in [0.2, 0.25) is 0 Å². The Balaban J connectivity index is 2.76. The van der Waals surface area contributed by atoms with Gasteiger partial charge in [0.1, 0.15) is 16.9 Å². The van der Waals surface area contributed by atoms with E-state index >= 15 is 0 Å². The van der Waals surface area contributed by atoms with Crippen molar-refractivity contribution >= 4 is 16.9 Å². The fraction of sp³-hybridized carbons (Fsp3) is 0.100. The summed E-state index contributed by atoms with van der Waals surface area (Å²) in [6, 6.07) is 4.86. The van der Waals surface area contributed by atoms with Crippen LogP contribution in [0.1, 0.15) is 10.4 Å². The average molecular weight is 192 g/mol. The maximum atomic E-state index is 10.9. The van der Waals surface area contributed by atoms with Gasteiger partial charge < -0.3 is 14.3 Å². The molecule has 4 heteroatoms. The first-order valence-electron chi connectivity index (χ1n) is 4.01. The van der Waals surface area contributed by atoms with E-state index < -0.39 is 5.97 Å². The van der Waals surface area contributed by atoms with E-state index in [1.54, 1.807) is 12.1 Å². The second-order valence-corrected chi connectivity index (χ2v) is 2.82. The number of rotatable bonds is 2. The van der Waals surface area contributed by atoms with Crippen LogP contribution < -0.4 is 4.74 Å². The van der Waals surface area contributed by atoms with Gasteiger partial charge in [0.05, 0.1) is 13.4 Å². The normalized spacial score (nSPS) is 10.4. The summed E-state index contributed by atoms with van der Waals surface area (Å²) in [5.41, 5.74) is 0.489. The number of hydrogen-bond acceptors (Lipinski definition) is 3. The molecule has 0 aliphatic rings. The maximum Gasteiger partial charge on any atom is 0.339 e. The predicted octanol–water partition coefficient (Wildman–Crippen LogP) is 2.14. The second-order valence-electron chi connectivity index (χ2n) is 2.82. The highest BCUT2D eigenvalue weighted by Gasteiger charge is 2.13. The van der Waals surface area contributed by atoms with Crippen LogP contribution >= 0.6 is 0 Å². The Morgan fingerprint density at radius 1 is 1.50 bits per heavy atom. The second kappa shape index (κ2) is 3.06. The van der Waals surface area contributed by atoms with Gasteiger partial charge in [-0.3, -0.25) is 0 Å². The molecule has 0 aliphatic carbocycles. The summed E-state index contributed by atoms with van der Waals surface area (Å²) in [6.07, 6.45) is 1.45. The molecular formula is C10H8O4. The molecule has 4 nitrogen and oxygen atoms in total. The fourth-order valence-electron chi connectivity index (χ4n) is 1.33. The van der Waals surface area contributed by atoms with Crippen LogP contribution in [0, 0.1) is 0 Å². The lowest BCUT2D eigenvalue weighted by molar-refractivity contribution is 0.0697. The van der Waals surface area contributed by atoms with E-state index in [-0.39, 0.29) is 5.56 Å². The van der Waals surface area contributed by atoms with E-state index in [0.29, 0.717) is 11.3 Å². The summed E-state index contributed by atoms with van der Waals surface area (Å²) in [6.45, 7) is 0. The van der Waals surface area contributed by atoms with Crippen molar-refractivity contribution in [3.05, 3.63) is 30.0 Å². The highest BCUT2D eigenvalue weighted by Crippen LogP contribution is 2.26. The van der Waals surface area contributed by atoms with Gasteiger partial charge in [0.25, 0.3) is 0 Å². The summed E-state index contributed by atoms with van der Waals surface area (Å²) in [5, 5.41) is 9.63. The SMILES string of the molecule is COc1cc(C(=O)O)c2occc2c1. The standard InChI is InChI=1S/C10H8O4/c1-13-7-4-6-2-3-14-9(6)8(5-7)10(11)12/h2-5H,1H3,(H,11,12). The van der Waals surface area contributed by atoms with Crippen molar-refractivity contribution in [3.8, 4) is 5.75 Å². The van der Waals surface area contributed by atoms with Crippen molar-refractivity contribution in [1.82, 2.24) is 0 Å². The molecule has 1 aromatic heterocycles. The summed E-state index contributed by atoms with van der Waals surface area (Å²) in [5.74, 6) is -0.514. The van der Waals surface area contributed by atoms with Crippen LogP contribution in [-0.2, 0) is 0 Å². The molecule has 0 radical (unpaired) electrons. The van der Waals surface area contributed by atoms with Crippen LogP contribution in [0.4, 0.5) is 0 Å². The van der Waals surface area contributed by atoms with Gasteiger partial charge in [-0.1, -0.05) is 0 Å². The van der Waals surface area contributed by atoms with Gasteiger partial charge in [-0.25, -0.2) is 4.79 Å². The lowest BCUT2D eigenvalue weighted by Crippen LogP contribution is -1.97. The minimum atomic E-state index is -1.02. The van der Waals surface area contributed by atoms with Crippen molar-refractivity contribution in [2.24, 2.45) is 0 Å². The first-order chi connectivity index (χ1) is 6.72. The smallest absolute Gasteiger partial charge is 0.339 e. The van der Waals surface area contributed by atoms with E-state index in [1.807, 2.05) is 0 Å². The molecule has 0 saturated heterocycles. The molecule has 72 valence electrons. The average Bonchev–Trinajstić information content (AvgIpc) is 2.63. The van der Waals surface area contributed by atoms with Gasteiger partial charge >= 0.3 is 5.97 Å². The van der Waals surface area contributed by atoms with Gasteiger partial charge in [0, 0.05) is 5.39 Å². The number of methoxy groups -OCH3 is 1. The highest BCUT2D eigenvalue weighted by molar-refractivity contribution is 6.01. The zero-order valence-corrected chi connectivity index (χ0v) is 7.48. The Labute approximate surface area is 79.7 Å². The van der Waals surface area contributed by atoms with Gasteiger partial charge in [0.15, 0.2) is 0 Å². The van der Waals surface area contributed by atoms with Gasteiger partial charge in [-0.05, 0) is 18.2 Å². The Bertz CT molecular complexity index is 484. The Morgan fingerprint density at radius 3 is 2.93 bits per heavy atom. The van der Waals surface area contributed by atoms with Crippen molar-refractivity contribution in [1.29, 1.82) is 0 Å². The molecule has 0 saturated carbocycles. The Morgan fingerprint density at radius 2 is 2.29 bits per heavy atom. The molecule has 2 aromatic rings. The molecule has 2 rings (SSSR count). The van der Waals surface area contributed by atoms with Crippen molar-refractivity contribution in [3.63, 3.8) is 0 Å². The number of fused-ring (bicyclic) bond motifs is 1. The molecule has 14 heavy (non-hydrogen) atoms. The first-order valence-corrected chi connectivity index (χ1v) is 4.01.